The van der Waals surface area contributed by atoms with E-state index >= 15 is 0 Å². The van der Waals surface area contributed by atoms with Gasteiger partial charge in [-0.15, -0.1) is 0 Å². The van der Waals surface area contributed by atoms with Gasteiger partial charge in [0.2, 0.25) is 0 Å². The predicted molar refractivity (Wildman–Crippen MR) is 114 cm³/mol. The van der Waals surface area contributed by atoms with E-state index in [1.54, 1.807) is 34.9 Å². The Morgan fingerprint density at radius 3 is 2.54 bits per heavy atom. The molecule has 0 aliphatic rings. The van der Waals surface area contributed by atoms with Gasteiger partial charge < -0.3 is 4.74 Å². The van der Waals surface area contributed by atoms with E-state index in [0.29, 0.717) is 34.8 Å². The summed E-state index contributed by atoms with van der Waals surface area (Å²) < 4.78 is 7.10. The third-order valence-electron chi connectivity index (χ3n) is 4.38. The molecule has 0 saturated carbocycles. The summed E-state index contributed by atoms with van der Waals surface area (Å²) in [5, 5.41) is 0.817. The standard InChI is InChI=1S/C22H24N2O3S/c1-4-14-24-21(26)18-8-6-7-9-19(18)23-22(24)28-15(3)20(25)16-10-12-17(13-11-16)27-5-2/h6-13,15H,4-5,14H2,1-3H3/t15-/m1/s1. The van der Waals surface area contributed by atoms with Crippen molar-refractivity contribution >= 4 is 28.4 Å². The maximum absolute atomic E-state index is 12.9. The van der Waals surface area contributed by atoms with Crippen molar-refractivity contribution in [1.29, 1.82) is 0 Å². The molecule has 3 rings (SSSR count). The van der Waals surface area contributed by atoms with Gasteiger partial charge in [-0.25, -0.2) is 4.98 Å². The van der Waals surface area contributed by atoms with E-state index in [0.717, 1.165) is 12.2 Å². The molecule has 2 aromatic carbocycles. The molecule has 0 bridgehead atoms. The number of para-hydroxylation sites is 1. The summed E-state index contributed by atoms with van der Waals surface area (Å²) in [6, 6.07) is 14.5. The molecule has 28 heavy (non-hydrogen) atoms. The van der Waals surface area contributed by atoms with Crippen LogP contribution in [0.2, 0.25) is 0 Å². The highest BCUT2D eigenvalue weighted by Gasteiger charge is 2.20. The summed E-state index contributed by atoms with van der Waals surface area (Å²) in [6.07, 6.45) is 0.814. The Hall–Kier alpha value is -2.60. The summed E-state index contributed by atoms with van der Waals surface area (Å²) in [5.41, 5.74) is 1.22. The number of fused-ring (bicyclic) bond motifs is 1. The normalized spacial score (nSPS) is 12.1. The Balaban J connectivity index is 1.89. The number of benzene rings is 2. The number of rotatable bonds is 8. The summed E-state index contributed by atoms with van der Waals surface area (Å²) >= 11 is 1.33. The van der Waals surface area contributed by atoms with Crippen molar-refractivity contribution in [2.45, 2.75) is 44.1 Å². The molecule has 0 radical (unpaired) electrons. The molecule has 1 heterocycles. The summed E-state index contributed by atoms with van der Waals surface area (Å²) in [4.78, 5) is 30.4. The largest absolute Gasteiger partial charge is 0.494 e. The monoisotopic (exact) mass is 396 g/mol. The van der Waals surface area contributed by atoms with E-state index in [1.165, 1.54) is 11.8 Å². The molecule has 146 valence electrons. The zero-order valence-electron chi connectivity index (χ0n) is 16.3. The van der Waals surface area contributed by atoms with Gasteiger partial charge in [0.05, 0.1) is 22.8 Å². The van der Waals surface area contributed by atoms with Crippen molar-refractivity contribution < 1.29 is 9.53 Å². The number of nitrogens with zero attached hydrogens (tertiary/aromatic N) is 2. The molecular formula is C22H24N2O3S. The molecule has 0 amide bonds. The van der Waals surface area contributed by atoms with E-state index in [9.17, 15) is 9.59 Å². The lowest BCUT2D eigenvalue weighted by Gasteiger charge is -2.15. The quantitative estimate of drug-likeness (QED) is 0.317. The number of hydrogen-bond acceptors (Lipinski definition) is 5. The minimum absolute atomic E-state index is 0.00138. The van der Waals surface area contributed by atoms with Gasteiger partial charge in [-0.1, -0.05) is 30.8 Å². The molecule has 3 aromatic rings. The van der Waals surface area contributed by atoms with Crippen LogP contribution < -0.4 is 10.3 Å². The van der Waals surface area contributed by atoms with Crippen LogP contribution in [0.3, 0.4) is 0 Å². The summed E-state index contributed by atoms with van der Waals surface area (Å²) in [6.45, 7) is 6.95. The van der Waals surface area contributed by atoms with Crippen LogP contribution in [-0.2, 0) is 6.54 Å². The number of carbonyl (C=O) groups excluding carboxylic acids is 1. The Morgan fingerprint density at radius 2 is 1.86 bits per heavy atom. The first-order valence-electron chi connectivity index (χ1n) is 9.48. The van der Waals surface area contributed by atoms with Crippen molar-refractivity contribution in [2.24, 2.45) is 0 Å². The second kappa shape index (κ2) is 9.06. The number of Topliss-reactive ketones (excluding diaryl/α,β-unsaturated/α-hetero) is 1. The fraction of sp³-hybridized carbons (Fsp3) is 0.318. The highest BCUT2D eigenvalue weighted by atomic mass is 32.2. The third-order valence-corrected chi connectivity index (χ3v) is 5.47. The van der Waals surface area contributed by atoms with Crippen LogP contribution in [0.1, 0.15) is 37.6 Å². The van der Waals surface area contributed by atoms with Crippen LogP contribution in [0.15, 0.2) is 58.5 Å². The third kappa shape index (κ3) is 4.28. The second-order valence-corrected chi connectivity index (χ2v) is 7.76. The van der Waals surface area contributed by atoms with E-state index in [4.69, 9.17) is 4.74 Å². The first-order valence-corrected chi connectivity index (χ1v) is 10.4. The first kappa shape index (κ1) is 20.1. The van der Waals surface area contributed by atoms with Crippen molar-refractivity contribution in [3.8, 4) is 5.75 Å². The molecule has 0 unspecified atom stereocenters. The van der Waals surface area contributed by atoms with Crippen LogP contribution in [0, 0.1) is 0 Å². The molecule has 1 atom stereocenters. The average Bonchev–Trinajstić information content (AvgIpc) is 2.71. The molecule has 0 fully saturated rings. The molecule has 0 N–H and O–H groups in total. The number of ether oxygens (including phenoxy) is 1. The maximum Gasteiger partial charge on any atom is 0.262 e. The van der Waals surface area contributed by atoms with E-state index in [2.05, 4.69) is 4.98 Å². The summed E-state index contributed by atoms with van der Waals surface area (Å²) in [5.74, 6) is 0.742. The van der Waals surface area contributed by atoms with Crippen LogP contribution in [0.5, 0.6) is 5.75 Å². The van der Waals surface area contributed by atoms with Gasteiger partial charge in [0, 0.05) is 12.1 Å². The number of hydrogen-bond donors (Lipinski definition) is 0. The van der Waals surface area contributed by atoms with Gasteiger partial charge in [0.15, 0.2) is 10.9 Å². The zero-order valence-corrected chi connectivity index (χ0v) is 17.2. The molecule has 0 aliphatic heterocycles. The maximum atomic E-state index is 12.9. The molecular weight excluding hydrogens is 372 g/mol. The highest BCUT2D eigenvalue weighted by molar-refractivity contribution is 8.00. The fourth-order valence-corrected chi connectivity index (χ4v) is 4.00. The first-order chi connectivity index (χ1) is 13.5. The Morgan fingerprint density at radius 1 is 1.14 bits per heavy atom. The second-order valence-electron chi connectivity index (χ2n) is 6.45. The average molecular weight is 397 g/mol. The van der Waals surface area contributed by atoms with Crippen LogP contribution in [0.4, 0.5) is 0 Å². The number of thioether (sulfide) groups is 1. The lowest BCUT2D eigenvalue weighted by molar-refractivity contribution is 0.0994. The molecule has 5 nitrogen and oxygen atoms in total. The number of carbonyl (C=O) groups is 1. The van der Waals surface area contributed by atoms with Gasteiger partial charge in [0.1, 0.15) is 5.75 Å². The van der Waals surface area contributed by atoms with E-state index < -0.39 is 0 Å². The van der Waals surface area contributed by atoms with E-state index in [-0.39, 0.29) is 16.6 Å². The lowest BCUT2D eigenvalue weighted by Crippen LogP contribution is -2.25. The smallest absolute Gasteiger partial charge is 0.262 e. The predicted octanol–water partition coefficient (Wildman–Crippen LogP) is 4.57. The van der Waals surface area contributed by atoms with Crippen molar-refractivity contribution in [3.63, 3.8) is 0 Å². The van der Waals surface area contributed by atoms with Crippen LogP contribution in [0.25, 0.3) is 10.9 Å². The van der Waals surface area contributed by atoms with E-state index in [1.807, 2.05) is 39.0 Å². The van der Waals surface area contributed by atoms with Gasteiger partial charge >= 0.3 is 0 Å². The van der Waals surface area contributed by atoms with Gasteiger partial charge in [-0.05, 0) is 56.7 Å². The van der Waals surface area contributed by atoms with Crippen molar-refractivity contribution in [1.82, 2.24) is 9.55 Å². The molecule has 6 heteroatoms. The van der Waals surface area contributed by atoms with Gasteiger partial charge in [0.25, 0.3) is 5.56 Å². The minimum atomic E-state index is -0.367. The number of aromatic nitrogens is 2. The van der Waals surface area contributed by atoms with Gasteiger partial charge in [-0.2, -0.15) is 0 Å². The Bertz CT molecular complexity index is 1030. The highest BCUT2D eigenvalue weighted by Crippen LogP contribution is 2.26. The van der Waals surface area contributed by atoms with Crippen LogP contribution in [-0.4, -0.2) is 27.2 Å². The van der Waals surface area contributed by atoms with Crippen LogP contribution >= 0.6 is 11.8 Å². The molecule has 0 spiro atoms. The Labute approximate surface area is 168 Å². The topological polar surface area (TPSA) is 61.2 Å². The molecule has 1 aromatic heterocycles. The van der Waals surface area contributed by atoms with Crippen molar-refractivity contribution in [3.05, 3.63) is 64.4 Å². The number of ketones is 1. The molecule has 0 aliphatic carbocycles. The molecule has 0 saturated heterocycles. The lowest BCUT2D eigenvalue weighted by atomic mass is 10.1. The zero-order chi connectivity index (χ0) is 20.1. The SMILES string of the molecule is CCCn1c(S[C@H](C)C(=O)c2ccc(OCC)cc2)nc2ccccc2c1=O. The fourth-order valence-electron chi connectivity index (χ4n) is 2.99. The van der Waals surface area contributed by atoms with Crippen molar-refractivity contribution in [2.75, 3.05) is 6.61 Å². The Kier molecular flexibility index (Phi) is 6.52. The summed E-state index contributed by atoms with van der Waals surface area (Å²) in [7, 11) is 0. The van der Waals surface area contributed by atoms with Gasteiger partial charge in [-0.3, -0.25) is 14.2 Å². The minimum Gasteiger partial charge on any atom is -0.494 e.